The number of aliphatic carboxylic acids is 1. The maximum atomic E-state index is 12.4. The topological polar surface area (TPSA) is 75.6 Å². The van der Waals surface area contributed by atoms with Crippen LogP contribution in [0.1, 0.15) is 47.5 Å². The van der Waals surface area contributed by atoms with Gasteiger partial charge in [-0.2, -0.15) is 0 Å². The molecule has 0 saturated carbocycles. The van der Waals surface area contributed by atoms with Crippen molar-refractivity contribution in [3.8, 4) is 0 Å². The van der Waals surface area contributed by atoms with Crippen LogP contribution in [0.3, 0.4) is 0 Å². The molecule has 1 amide bonds. The molecular formula is C14H25NO4. The number of ether oxygens (including phenoxy) is 1. The van der Waals surface area contributed by atoms with Crippen molar-refractivity contribution in [1.29, 1.82) is 0 Å². The average molecular weight is 271 g/mol. The summed E-state index contributed by atoms with van der Waals surface area (Å²) in [6.45, 7) is 9.33. The molecule has 110 valence electrons. The van der Waals surface area contributed by atoms with Gasteiger partial charge in [0.25, 0.3) is 0 Å². The molecule has 2 N–H and O–H groups in total. The van der Waals surface area contributed by atoms with E-state index >= 15 is 0 Å². The van der Waals surface area contributed by atoms with E-state index in [0.29, 0.717) is 12.8 Å². The lowest BCUT2D eigenvalue weighted by Gasteiger charge is -2.30. The molecule has 1 rings (SSSR count). The van der Waals surface area contributed by atoms with Crippen molar-refractivity contribution < 1.29 is 19.4 Å². The van der Waals surface area contributed by atoms with E-state index in [1.54, 1.807) is 13.8 Å². The molecule has 0 aromatic heterocycles. The first-order valence-corrected chi connectivity index (χ1v) is 7.00. The van der Waals surface area contributed by atoms with Crippen LogP contribution in [-0.4, -0.2) is 34.7 Å². The van der Waals surface area contributed by atoms with Crippen molar-refractivity contribution >= 4 is 11.9 Å². The summed E-state index contributed by atoms with van der Waals surface area (Å²) < 4.78 is 5.64. The summed E-state index contributed by atoms with van der Waals surface area (Å²) in [6, 6.07) is 0. The highest BCUT2D eigenvalue weighted by Gasteiger charge is 2.45. The van der Waals surface area contributed by atoms with Gasteiger partial charge in [-0.25, -0.2) is 4.79 Å². The number of hydrogen-bond donors (Lipinski definition) is 2. The maximum absolute atomic E-state index is 12.4. The number of carboxylic acids is 1. The Balaban J connectivity index is 2.86. The van der Waals surface area contributed by atoms with Gasteiger partial charge in [0.15, 0.2) is 0 Å². The Labute approximate surface area is 114 Å². The summed E-state index contributed by atoms with van der Waals surface area (Å²) in [5.41, 5.74) is -1.16. The summed E-state index contributed by atoms with van der Waals surface area (Å²) in [7, 11) is 0. The summed E-state index contributed by atoms with van der Waals surface area (Å²) >= 11 is 0. The molecular weight excluding hydrogens is 246 g/mol. The fourth-order valence-electron chi connectivity index (χ4n) is 2.82. The second-order valence-corrected chi connectivity index (χ2v) is 5.51. The van der Waals surface area contributed by atoms with Crippen LogP contribution in [0.2, 0.25) is 0 Å². The van der Waals surface area contributed by atoms with Crippen LogP contribution in [-0.2, 0) is 14.3 Å². The Hall–Kier alpha value is -1.10. The van der Waals surface area contributed by atoms with Crippen LogP contribution in [0, 0.1) is 11.8 Å². The highest BCUT2D eigenvalue weighted by atomic mass is 16.5. The average Bonchev–Trinajstić information content (AvgIpc) is 2.60. The molecule has 0 spiro atoms. The lowest BCUT2D eigenvalue weighted by Crippen LogP contribution is -2.56. The molecule has 1 aliphatic rings. The van der Waals surface area contributed by atoms with Gasteiger partial charge in [-0.15, -0.1) is 0 Å². The van der Waals surface area contributed by atoms with E-state index in [4.69, 9.17) is 4.74 Å². The third-order valence-corrected chi connectivity index (χ3v) is 4.52. The SMILES string of the molecule is CCC(CC)(NC(=O)C1C(C)OC(C)C1C)C(=O)O. The van der Waals surface area contributed by atoms with Crippen LogP contribution in [0.25, 0.3) is 0 Å². The van der Waals surface area contributed by atoms with E-state index in [1.165, 1.54) is 0 Å². The summed E-state index contributed by atoms with van der Waals surface area (Å²) in [6.07, 6.45) is 0.589. The van der Waals surface area contributed by atoms with E-state index in [2.05, 4.69) is 5.32 Å². The number of nitrogens with one attached hydrogen (secondary N) is 1. The number of carboxylic acid groups (broad SMARTS) is 1. The fourth-order valence-corrected chi connectivity index (χ4v) is 2.82. The Morgan fingerprint density at radius 2 is 1.68 bits per heavy atom. The molecule has 1 heterocycles. The van der Waals surface area contributed by atoms with Gasteiger partial charge in [0.1, 0.15) is 5.54 Å². The van der Waals surface area contributed by atoms with Crippen LogP contribution < -0.4 is 5.32 Å². The zero-order chi connectivity index (χ0) is 14.8. The van der Waals surface area contributed by atoms with E-state index in [0.717, 1.165) is 0 Å². The Morgan fingerprint density at radius 1 is 1.16 bits per heavy atom. The molecule has 0 radical (unpaired) electrons. The lowest BCUT2D eigenvalue weighted by molar-refractivity contribution is -0.149. The highest BCUT2D eigenvalue weighted by Crippen LogP contribution is 2.33. The second-order valence-electron chi connectivity index (χ2n) is 5.51. The summed E-state index contributed by atoms with van der Waals surface area (Å²) in [4.78, 5) is 23.8. The molecule has 1 fully saturated rings. The van der Waals surface area contributed by atoms with Gasteiger partial charge in [-0.1, -0.05) is 20.8 Å². The second kappa shape index (κ2) is 5.90. The smallest absolute Gasteiger partial charge is 0.329 e. The fraction of sp³-hybridized carbons (Fsp3) is 0.857. The molecule has 19 heavy (non-hydrogen) atoms. The minimum Gasteiger partial charge on any atom is -0.480 e. The first-order chi connectivity index (χ1) is 8.79. The van der Waals surface area contributed by atoms with Crippen LogP contribution in [0.4, 0.5) is 0 Å². The van der Waals surface area contributed by atoms with Crippen LogP contribution >= 0.6 is 0 Å². The molecule has 1 saturated heterocycles. The minimum atomic E-state index is -1.16. The molecule has 0 aromatic carbocycles. The van der Waals surface area contributed by atoms with Gasteiger partial charge >= 0.3 is 5.97 Å². The van der Waals surface area contributed by atoms with Crippen molar-refractivity contribution in [1.82, 2.24) is 5.32 Å². The third-order valence-electron chi connectivity index (χ3n) is 4.52. The first-order valence-electron chi connectivity index (χ1n) is 7.00. The summed E-state index contributed by atoms with van der Waals surface area (Å²) in [5.74, 6) is -1.38. The number of rotatable bonds is 5. The maximum Gasteiger partial charge on any atom is 0.329 e. The number of carbonyl (C=O) groups is 2. The zero-order valence-electron chi connectivity index (χ0n) is 12.4. The standard InChI is InChI=1S/C14H25NO4/c1-6-14(7-2,13(17)18)15-12(16)11-8(3)9(4)19-10(11)5/h8-11H,6-7H2,1-5H3,(H,15,16)(H,17,18). The molecule has 0 aromatic rings. The number of amides is 1. The van der Waals surface area contributed by atoms with Gasteiger partial charge in [-0.3, -0.25) is 4.79 Å². The molecule has 1 aliphatic heterocycles. The van der Waals surface area contributed by atoms with Crippen molar-refractivity contribution in [3.05, 3.63) is 0 Å². The van der Waals surface area contributed by atoms with Crippen LogP contribution in [0.15, 0.2) is 0 Å². The molecule has 5 heteroatoms. The van der Waals surface area contributed by atoms with Gasteiger partial charge < -0.3 is 15.2 Å². The molecule has 0 aliphatic carbocycles. The normalized spacial score (nSPS) is 31.2. The van der Waals surface area contributed by atoms with Crippen molar-refractivity contribution in [2.24, 2.45) is 11.8 Å². The van der Waals surface area contributed by atoms with E-state index in [-0.39, 0.29) is 30.0 Å². The minimum absolute atomic E-state index is 0.0215. The monoisotopic (exact) mass is 271 g/mol. The number of hydrogen-bond acceptors (Lipinski definition) is 3. The molecule has 4 atom stereocenters. The Kier molecular flexibility index (Phi) is 4.96. The van der Waals surface area contributed by atoms with E-state index in [9.17, 15) is 14.7 Å². The first kappa shape index (κ1) is 16.0. The summed E-state index contributed by atoms with van der Waals surface area (Å²) in [5, 5.41) is 12.1. The predicted molar refractivity (Wildman–Crippen MR) is 71.8 cm³/mol. The third kappa shape index (κ3) is 2.91. The number of carbonyl (C=O) groups excluding carboxylic acids is 1. The molecule has 0 bridgehead atoms. The Bertz CT molecular complexity index is 351. The lowest BCUT2D eigenvalue weighted by atomic mass is 9.86. The van der Waals surface area contributed by atoms with E-state index in [1.807, 2.05) is 20.8 Å². The predicted octanol–water partition coefficient (Wildman–Crippen LogP) is 1.81. The highest BCUT2D eigenvalue weighted by molar-refractivity contribution is 5.88. The quantitative estimate of drug-likeness (QED) is 0.799. The van der Waals surface area contributed by atoms with Gasteiger partial charge in [0.05, 0.1) is 18.1 Å². The van der Waals surface area contributed by atoms with Crippen molar-refractivity contribution in [2.45, 2.75) is 65.2 Å². The van der Waals surface area contributed by atoms with Gasteiger partial charge in [-0.05, 0) is 32.6 Å². The van der Waals surface area contributed by atoms with Crippen LogP contribution in [0.5, 0.6) is 0 Å². The largest absolute Gasteiger partial charge is 0.480 e. The molecule has 5 nitrogen and oxygen atoms in total. The zero-order valence-corrected chi connectivity index (χ0v) is 12.4. The molecule has 4 unspecified atom stereocenters. The van der Waals surface area contributed by atoms with Gasteiger partial charge in [0, 0.05) is 0 Å². The Morgan fingerprint density at radius 3 is 2.00 bits per heavy atom. The van der Waals surface area contributed by atoms with E-state index < -0.39 is 11.5 Å². The van der Waals surface area contributed by atoms with Crippen molar-refractivity contribution in [2.75, 3.05) is 0 Å². The van der Waals surface area contributed by atoms with Gasteiger partial charge in [0.2, 0.25) is 5.91 Å². The van der Waals surface area contributed by atoms with Crippen molar-refractivity contribution in [3.63, 3.8) is 0 Å².